The van der Waals surface area contributed by atoms with Crippen LogP contribution < -0.4 is 0 Å². The zero-order chi connectivity index (χ0) is 23.6. The zero-order valence-electron chi connectivity index (χ0n) is 20.1. The third-order valence-electron chi connectivity index (χ3n) is 5.92. The molecule has 32 heavy (non-hydrogen) atoms. The first-order chi connectivity index (χ1) is 15.0. The first-order valence-corrected chi connectivity index (χ1v) is 11.4. The van der Waals surface area contributed by atoms with Crippen LogP contribution in [0.25, 0.3) is 10.9 Å². The molecular weight excluding hydrogens is 404 g/mol. The second-order valence-electron chi connectivity index (χ2n) is 9.95. The van der Waals surface area contributed by atoms with Crippen LogP contribution in [0, 0.1) is 5.41 Å². The molecule has 3 rings (SSSR count). The van der Waals surface area contributed by atoms with Gasteiger partial charge in [0.15, 0.2) is 0 Å². The summed E-state index contributed by atoms with van der Waals surface area (Å²) in [6, 6.07) is 8.17. The van der Waals surface area contributed by atoms with Gasteiger partial charge >= 0.3 is 5.97 Å². The molecule has 1 N–H and O–H groups in total. The summed E-state index contributed by atoms with van der Waals surface area (Å²) in [5, 5.41) is 9.10. The number of aromatic nitrogens is 1. The van der Waals surface area contributed by atoms with Gasteiger partial charge in [0.2, 0.25) is 0 Å². The van der Waals surface area contributed by atoms with E-state index in [0.29, 0.717) is 11.6 Å². The number of nitrogens with one attached hydrogen (secondary N) is 1. The second-order valence-corrected chi connectivity index (χ2v) is 9.95. The van der Waals surface area contributed by atoms with Crippen LogP contribution >= 0.6 is 0 Å². The van der Waals surface area contributed by atoms with Gasteiger partial charge in [-0.15, -0.1) is 0 Å². The first kappa shape index (κ1) is 24.0. The van der Waals surface area contributed by atoms with Crippen molar-refractivity contribution in [3.63, 3.8) is 0 Å². The smallest absolute Gasteiger partial charge is 0.352 e. The number of esters is 1. The highest BCUT2D eigenvalue weighted by atomic mass is 16.6. The Kier molecular flexibility index (Phi) is 7.08. The molecular formula is C25H36N4O3. The van der Waals surface area contributed by atoms with Gasteiger partial charge in [-0.1, -0.05) is 0 Å². The lowest BCUT2D eigenvalue weighted by atomic mass is 10.1. The molecule has 7 nitrogen and oxygen atoms in total. The standard InChI is InChI=1S/C25H36N4O3/c1-17(2)27-11-13-28(14-12-27)23(30)20-7-8-22-19(16-20)9-10-29(22)18(3)15-21(26)24(31)32-25(4,5)6/h7-10,16-18,26H,11-15H2,1-6H3. The molecule has 7 heteroatoms. The van der Waals surface area contributed by atoms with Crippen molar-refractivity contribution in [3.8, 4) is 0 Å². The van der Waals surface area contributed by atoms with Gasteiger partial charge in [0, 0.05) is 67.3 Å². The van der Waals surface area contributed by atoms with E-state index in [9.17, 15) is 9.59 Å². The third kappa shape index (κ3) is 5.57. The summed E-state index contributed by atoms with van der Waals surface area (Å²) >= 11 is 0. The van der Waals surface area contributed by atoms with Gasteiger partial charge in [0.05, 0.1) is 0 Å². The lowest BCUT2D eigenvalue weighted by molar-refractivity contribution is -0.146. The Morgan fingerprint density at radius 2 is 1.72 bits per heavy atom. The summed E-state index contributed by atoms with van der Waals surface area (Å²) in [4.78, 5) is 29.5. The van der Waals surface area contributed by atoms with Crippen LogP contribution in [-0.4, -0.2) is 69.8 Å². The molecule has 1 aromatic carbocycles. The topological polar surface area (TPSA) is 78.6 Å². The highest BCUT2D eigenvalue weighted by Gasteiger charge is 2.25. The maximum absolute atomic E-state index is 13.0. The normalized spacial score (nSPS) is 16.4. The molecule has 1 unspecified atom stereocenters. The van der Waals surface area contributed by atoms with Crippen LogP contribution in [0.3, 0.4) is 0 Å². The third-order valence-corrected chi connectivity index (χ3v) is 5.92. The number of benzene rings is 1. The van der Waals surface area contributed by atoms with E-state index in [1.165, 1.54) is 0 Å². The molecule has 1 atom stereocenters. The number of hydrogen-bond donors (Lipinski definition) is 1. The van der Waals surface area contributed by atoms with Crippen molar-refractivity contribution in [1.29, 1.82) is 5.41 Å². The lowest BCUT2D eigenvalue weighted by Gasteiger charge is -2.37. The van der Waals surface area contributed by atoms with Crippen LogP contribution in [0.4, 0.5) is 0 Å². The fourth-order valence-corrected chi connectivity index (χ4v) is 4.12. The number of amides is 1. The van der Waals surface area contributed by atoms with E-state index in [1.54, 1.807) is 20.8 Å². The quantitative estimate of drug-likeness (QED) is 0.541. The van der Waals surface area contributed by atoms with E-state index >= 15 is 0 Å². The lowest BCUT2D eigenvalue weighted by Crippen LogP contribution is -2.50. The highest BCUT2D eigenvalue weighted by molar-refractivity contribution is 6.35. The largest absolute Gasteiger partial charge is 0.456 e. The molecule has 0 aliphatic carbocycles. The predicted octanol–water partition coefficient (Wildman–Crippen LogP) is 4.12. The molecule has 1 aliphatic rings. The number of carbonyl (C=O) groups excluding carboxylic acids is 2. The fourth-order valence-electron chi connectivity index (χ4n) is 4.12. The summed E-state index contributed by atoms with van der Waals surface area (Å²) in [6.07, 6.45) is 2.23. The SMILES string of the molecule is CC(C)N1CCN(C(=O)c2ccc3c(ccn3C(C)CC(=N)C(=O)OC(C)(C)C)c2)CC1. The van der Waals surface area contributed by atoms with Gasteiger partial charge in [0.1, 0.15) is 11.3 Å². The molecule has 174 valence electrons. The molecule has 1 fully saturated rings. The minimum absolute atomic E-state index is 0.0402. The highest BCUT2D eigenvalue weighted by Crippen LogP contribution is 2.25. The minimum Gasteiger partial charge on any atom is -0.456 e. The van der Waals surface area contributed by atoms with E-state index in [1.807, 2.05) is 46.9 Å². The van der Waals surface area contributed by atoms with Crippen molar-refractivity contribution in [1.82, 2.24) is 14.4 Å². The molecule has 2 heterocycles. The summed E-state index contributed by atoms with van der Waals surface area (Å²) in [5.74, 6) is -0.505. The van der Waals surface area contributed by atoms with Gasteiger partial charge in [-0.2, -0.15) is 0 Å². The summed E-state index contributed by atoms with van der Waals surface area (Å²) < 4.78 is 7.35. The van der Waals surface area contributed by atoms with Gasteiger partial charge in [-0.3, -0.25) is 15.1 Å². The Bertz CT molecular complexity index is 994. The van der Waals surface area contributed by atoms with E-state index in [-0.39, 0.29) is 24.1 Å². The van der Waals surface area contributed by atoms with Gasteiger partial charge in [0.25, 0.3) is 5.91 Å². The van der Waals surface area contributed by atoms with Gasteiger partial charge < -0.3 is 14.2 Å². The Hall–Kier alpha value is -2.67. The van der Waals surface area contributed by atoms with Crippen LogP contribution in [0.1, 0.15) is 64.4 Å². The van der Waals surface area contributed by atoms with E-state index in [2.05, 4.69) is 18.7 Å². The number of rotatable bonds is 6. The van der Waals surface area contributed by atoms with Crippen molar-refractivity contribution in [2.24, 2.45) is 0 Å². The Morgan fingerprint density at radius 1 is 1.06 bits per heavy atom. The minimum atomic E-state index is -0.614. The first-order valence-electron chi connectivity index (χ1n) is 11.4. The van der Waals surface area contributed by atoms with E-state index < -0.39 is 11.6 Å². The Morgan fingerprint density at radius 3 is 2.31 bits per heavy atom. The molecule has 1 amide bonds. The molecule has 1 saturated heterocycles. The number of carbonyl (C=O) groups is 2. The van der Waals surface area contributed by atoms with Crippen LogP contribution in [0.5, 0.6) is 0 Å². The zero-order valence-corrected chi connectivity index (χ0v) is 20.1. The maximum atomic E-state index is 13.0. The Labute approximate surface area is 190 Å². The van der Waals surface area contributed by atoms with Crippen molar-refractivity contribution >= 4 is 28.5 Å². The number of ether oxygens (including phenoxy) is 1. The number of hydrogen-bond acceptors (Lipinski definition) is 5. The van der Waals surface area contributed by atoms with Crippen molar-refractivity contribution in [2.75, 3.05) is 26.2 Å². The molecule has 0 bridgehead atoms. The number of nitrogens with zero attached hydrogens (tertiary/aromatic N) is 3. The van der Waals surface area contributed by atoms with E-state index in [4.69, 9.17) is 10.1 Å². The van der Waals surface area contributed by atoms with Crippen LogP contribution in [0.2, 0.25) is 0 Å². The predicted molar refractivity (Wildman–Crippen MR) is 127 cm³/mol. The molecule has 2 aromatic rings. The van der Waals surface area contributed by atoms with Crippen LogP contribution in [0.15, 0.2) is 30.5 Å². The fraction of sp³-hybridized carbons (Fsp3) is 0.560. The summed E-state index contributed by atoms with van der Waals surface area (Å²) in [6.45, 7) is 15.0. The van der Waals surface area contributed by atoms with Crippen LogP contribution in [-0.2, 0) is 9.53 Å². The second kappa shape index (κ2) is 9.45. The molecule has 1 aromatic heterocycles. The molecule has 1 aliphatic heterocycles. The molecule has 0 radical (unpaired) electrons. The number of piperazine rings is 1. The van der Waals surface area contributed by atoms with Gasteiger partial charge in [-0.05, 0) is 65.8 Å². The van der Waals surface area contributed by atoms with Crippen molar-refractivity contribution in [2.45, 2.75) is 65.6 Å². The Balaban J connectivity index is 1.68. The van der Waals surface area contributed by atoms with E-state index in [0.717, 1.165) is 37.1 Å². The van der Waals surface area contributed by atoms with Crippen molar-refractivity contribution < 1.29 is 14.3 Å². The average Bonchev–Trinajstić information content (AvgIpc) is 3.15. The van der Waals surface area contributed by atoms with Gasteiger partial charge in [-0.25, -0.2) is 4.79 Å². The molecule has 0 spiro atoms. The maximum Gasteiger partial charge on any atom is 0.352 e. The summed E-state index contributed by atoms with van der Waals surface area (Å²) in [7, 11) is 0. The molecule has 0 saturated carbocycles. The number of fused-ring (bicyclic) bond motifs is 1. The average molecular weight is 441 g/mol. The van der Waals surface area contributed by atoms with Crippen molar-refractivity contribution in [3.05, 3.63) is 36.0 Å². The summed E-state index contributed by atoms with van der Waals surface area (Å²) in [5.41, 5.74) is 1.02. The monoisotopic (exact) mass is 440 g/mol.